The van der Waals surface area contributed by atoms with Crippen molar-refractivity contribution < 1.29 is 0 Å². The van der Waals surface area contributed by atoms with E-state index in [9.17, 15) is 0 Å². The quantitative estimate of drug-likeness (QED) is 0.894. The van der Waals surface area contributed by atoms with Crippen LogP contribution < -0.4 is 10.2 Å². The molecule has 0 saturated carbocycles. The minimum Gasteiger partial charge on any atom is -0.370 e. The van der Waals surface area contributed by atoms with Crippen LogP contribution in [0.2, 0.25) is 0 Å². The van der Waals surface area contributed by atoms with Gasteiger partial charge in [-0.3, -0.25) is 0 Å². The van der Waals surface area contributed by atoms with Crippen molar-refractivity contribution in [3.05, 3.63) is 11.9 Å². The van der Waals surface area contributed by atoms with Crippen molar-refractivity contribution in [2.24, 2.45) is 5.41 Å². The molecule has 1 aromatic rings. The fraction of sp³-hybridized carbons (Fsp3) is 0.750. The summed E-state index contributed by atoms with van der Waals surface area (Å²) in [5.74, 6) is 3.00. The fourth-order valence-corrected chi connectivity index (χ4v) is 2.49. The first-order chi connectivity index (χ1) is 9.54. The van der Waals surface area contributed by atoms with Gasteiger partial charge in [0.2, 0.25) is 0 Å². The molecule has 112 valence electrons. The molecule has 0 unspecified atom stereocenters. The maximum Gasteiger partial charge on any atom is 0.134 e. The monoisotopic (exact) mass is 276 g/mol. The zero-order chi connectivity index (χ0) is 14.6. The molecule has 1 aliphatic rings. The third-order valence-corrected chi connectivity index (χ3v) is 4.07. The normalized spacial score (nSPS) is 18.1. The number of aryl methyl sites for hydroxylation is 1. The van der Waals surface area contributed by atoms with Gasteiger partial charge in [0.05, 0.1) is 0 Å². The SMILES string of the molecule is CCCNc1cc(N2CCC(C)(C)CC2)nc(CC)n1. The number of hydrogen-bond donors (Lipinski definition) is 1. The average Bonchev–Trinajstić information content (AvgIpc) is 2.44. The average molecular weight is 276 g/mol. The Hall–Kier alpha value is -1.32. The van der Waals surface area contributed by atoms with Crippen molar-refractivity contribution in [3.63, 3.8) is 0 Å². The standard InChI is InChI=1S/C16H28N4/c1-5-9-17-14-12-15(19-13(6-2)18-14)20-10-7-16(3,4)8-11-20/h12H,5-11H2,1-4H3,(H,17,18,19). The highest BCUT2D eigenvalue weighted by Crippen LogP contribution is 2.32. The van der Waals surface area contributed by atoms with Crippen molar-refractivity contribution in [2.45, 2.75) is 53.4 Å². The van der Waals surface area contributed by atoms with Crippen LogP contribution in [0.25, 0.3) is 0 Å². The van der Waals surface area contributed by atoms with E-state index in [4.69, 9.17) is 4.98 Å². The van der Waals surface area contributed by atoms with Crippen LogP contribution in [0.1, 0.15) is 52.8 Å². The summed E-state index contributed by atoms with van der Waals surface area (Å²) < 4.78 is 0. The molecule has 0 aliphatic carbocycles. The second-order valence-electron chi connectivity index (χ2n) is 6.46. The largest absolute Gasteiger partial charge is 0.370 e. The molecule has 1 N–H and O–H groups in total. The Morgan fingerprint density at radius 1 is 1.20 bits per heavy atom. The summed E-state index contributed by atoms with van der Waals surface area (Å²) in [7, 11) is 0. The first kappa shape index (κ1) is 15.1. The van der Waals surface area contributed by atoms with Gasteiger partial charge in [-0.25, -0.2) is 9.97 Å². The van der Waals surface area contributed by atoms with Crippen LogP contribution in [0.4, 0.5) is 11.6 Å². The van der Waals surface area contributed by atoms with Gasteiger partial charge in [0.15, 0.2) is 0 Å². The Morgan fingerprint density at radius 2 is 1.90 bits per heavy atom. The number of rotatable bonds is 5. The van der Waals surface area contributed by atoms with E-state index in [1.165, 1.54) is 12.8 Å². The summed E-state index contributed by atoms with van der Waals surface area (Å²) in [6, 6.07) is 2.10. The first-order valence-electron chi connectivity index (χ1n) is 7.91. The predicted octanol–water partition coefficient (Wildman–Crippen LogP) is 3.49. The smallest absolute Gasteiger partial charge is 0.134 e. The number of hydrogen-bond acceptors (Lipinski definition) is 4. The molecule has 1 saturated heterocycles. The van der Waals surface area contributed by atoms with Gasteiger partial charge >= 0.3 is 0 Å². The van der Waals surface area contributed by atoms with Gasteiger partial charge in [0.25, 0.3) is 0 Å². The Balaban J connectivity index is 2.14. The first-order valence-corrected chi connectivity index (χ1v) is 7.91. The molecule has 1 fully saturated rings. The van der Waals surface area contributed by atoms with Gasteiger partial charge in [-0.2, -0.15) is 0 Å². The van der Waals surface area contributed by atoms with Gasteiger partial charge in [-0.15, -0.1) is 0 Å². The van der Waals surface area contributed by atoms with E-state index in [0.717, 1.165) is 49.9 Å². The lowest BCUT2D eigenvalue weighted by Gasteiger charge is -2.37. The van der Waals surface area contributed by atoms with Gasteiger partial charge < -0.3 is 10.2 Å². The van der Waals surface area contributed by atoms with Gasteiger partial charge in [-0.1, -0.05) is 27.7 Å². The number of nitrogens with one attached hydrogen (secondary N) is 1. The maximum atomic E-state index is 4.71. The van der Waals surface area contributed by atoms with E-state index in [2.05, 4.69) is 49.0 Å². The Labute approximate surface area is 123 Å². The Bertz CT molecular complexity index is 432. The minimum atomic E-state index is 0.473. The fourth-order valence-electron chi connectivity index (χ4n) is 2.49. The molecule has 0 spiro atoms. The molecule has 0 amide bonds. The molecule has 0 atom stereocenters. The van der Waals surface area contributed by atoms with E-state index in [1.54, 1.807) is 0 Å². The van der Waals surface area contributed by atoms with Crippen LogP contribution in [0.3, 0.4) is 0 Å². The van der Waals surface area contributed by atoms with Gasteiger partial charge in [-0.05, 0) is 24.7 Å². The Kier molecular flexibility index (Phi) is 4.84. The summed E-state index contributed by atoms with van der Waals surface area (Å²) in [4.78, 5) is 11.7. The molecule has 0 aromatic carbocycles. The lowest BCUT2D eigenvalue weighted by Crippen LogP contribution is -2.38. The summed E-state index contributed by atoms with van der Waals surface area (Å²) in [5.41, 5.74) is 0.473. The van der Waals surface area contributed by atoms with Crippen molar-refractivity contribution in [2.75, 3.05) is 29.9 Å². The molecule has 1 aromatic heterocycles. The van der Waals surface area contributed by atoms with Crippen LogP contribution in [0.15, 0.2) is 6.07 Å². The molecule has 0 bridgehead atoms. The number of aromatic nitrogens is 2. The molecule has 20 heavy (non-hydrogen) atoms. The van der Waals surface area contributed by atoms with E-state index in [-0.39, 0.29) is 0 Å². The lowest BCUT2D eigenvalue weighted by atomic mass is 9.83. The molecule has 4 heteroatoms. The Morgan fingerprint density at radius 3 is 2.50 bits per heavy atom. The number of anilines is 2. The van der Waals surface area contributed by atoms with Crippen molar-refractivity contribution in [3.8, 4) is 0 Å². The number of nitrogens with zero attached hydrogens (tertiary/aromatic N) is 3. The van der Waals surface area contributed by atoms with Gasteiger partial charge in [0, 0.05) is 32.1 Å². The molecule has 1 aliphatic heterocycles. The molecule has 4 nitrogen and oxygen atoms in total. The zero-order valence-electron chi connectivity index (χ0n) is 13.4. The van der Waals surface area contributed by atoms with Crippen LogP contribution in [0.5, 0.6) is 0 Å². The summed E-state index contributed by atoms with van der Waals surface area (Å²) in [5, 5.41) is 3.39. The molecular weight excluding hydrogens is 248 g/mol. The third-order valence-electron chi connectivity index (χ3n) is 4.07. The van der Waals surface area contributed by atoms with Crippen LogP contribution >= 0.6 is 0 Å². The van der Waals surface area contributed by atoms with Crippen LogP contribution in [-0.4, -0.2) is 29.6 Å². The zero-order valence-corrected chi connectivity index (χ0v) is 13.4. The second-order valence-corrected chi connectivity index (χ2v) is 6.46. The van der Waals surface area contributed by atoms with E-state index in [1.807, 2.05) is 0 Å². The van der Waals surface area contributed by atoms with E-state index >= 15 is 0 Å². The summed E-state index contributed by atoms with van der Waals surface area (Å²) in [6.45, 7) is 12.2. The van der Waals surface area contributed by atoms with Crippen LogP contribution in [-0.2, 0) is 6.42 Å². The van der Waals surface area contributed by atoms with Crippen molar-refractivity contribution in [1.82, 2.24) is 9.97 Å². The highest BCUT2D eigenvalue weighted by molar-refractivity contribution is 5.49. The summed E-state index contributed by atoms with van der Waals surface area (Å²) in [6.07, 6.45) is 4.46. The third kappa shape index (κ3) is 3.84. The van der Waals surface area contributed by atoms with Crippen LogP contribution in [0, 0.1) is 5.41 Å². The predicted molar refractivity (Wildman–Crippen MR) is 85.4 cm³/mol. The summed E-state index contributed by atoms with van der Waals surface area (Å²) >= 11 is 0. The van der Waals surface area contributed by atoms with Crippen molar-refractivity contribution in [1.29, 1.82) is 0 Å². The van der Waals surface area contributed by atoms with E-state index < -0.39 is 0 Å². The highest BCUT2D eigenvalue weighted by atomic mass is 15.2. The molecular formula is C16H28N4. The van der Waals surface area contributed by atoms with Gasteiger partial charge in [0.1, 0.15) is 17.5 Å². The second kappa shape index (κ2) is 6.42. The topological polar surface area (TPSA) is 41.0 Å². The van der Waals surface area contributed by atoms with E-state index in [0.29, 0.717) is 5.41 Å². The van der Waals surface area contributed by atoms with Crippen molar-refractivity contribution >= 4 is 11.6 Å². The maximum absolute atomic E-state index is 4.71. The molecule has 0 radical (unpaired) electrons. The number of piperidine rings is 1. The molecule has 2 heterocycles. The minimum absolute atomic E-state index is 0.473. The molecule has 2 rings (SSSR count). The highest BCUT2D eigenvalue weighted by Gasteiger charge is 2.26. The lowest BCUT2D eigenvalue weighted by molar-refractivity contribution is 0.279.